The third-order valence-corrected chi connectivity index (χ3v) is 6.13. The maximum atomic E-state index is 6.04. The molecule has 0 aromatic heterocycles. The first-order valence-electron chi connectivity index (χ1n) is 6.40. The molecule has 0 N–H and O–H groups in total. The number of hydrogen-bond donors (Lipinski definition) is 0. The quantitative estimate of drug-likeness (QED) is 0.632. The molecule has 15 heavy (non-hydrogen) atoms. The van der Waals surface area contributed by atoms with Crippen molar-refractivity contribution >= 4 is 20.5 Å². The van der Waals surface area contributed by atoms with Gasteiger partial charge in [0, 0.05) is 33.7 Å². The van der Waals surface area contributed by atoms with Crippen molar-refractivity contribution in [2.24, 2.45) is 0 Å². The molecular weight excluding hydrogens is 220 g/mol. The lowest BCUT2D eigenvalue weighted by Gasteiger charge is -2.43. The predicted octanol–water partition coefficient (Wildman–Crippen LogP) is -0.0991. The Balaban J connectivity index is 1.93. The summed E-state index contributed by atoms with van der Waals surface area (Å²) >= 11 is 0. The minimum Gasteiger partial charge on any atom is -0.379 e. The molecule has 2 fully saturated rings. The fourth-order valence-corrected chi connectivity index (χ4v) is 6.37. The standard InChI is InChI=1S/C11H24O2Si2/c14-10(5-1-3-7-12-10)9-11(15)6-2-4-8-13-11/h1-9H2,14-15H3. The Morgan fingerprint density at radius 1 is 0.800 bits per heavy atom. The summed E-state index contributed by atoms with van der Waals surface area (Å²) in [4.78, 5) is 0. The first-order chi connectivity index (χ1) is 7.12. The zero-order valence-corrected chi connectivity index (χ0v) is 14.2. The molecule has 0 aromatic carbocycles. The molecule has 0 saturated carbocycles. The highest BCUT2D eigenvalue weighted by Crippen LogP contribution is 2.34. The third kappa shape index (κ3) is 3.15. The zero-order chi connectivity index (χ0) is 10.8. The second-order valence-electron chi connectivity index (χ2n) is 5.69. The smallest absolute Gasteiger partial charge is 0.0509 e. The Hall–Kier alpha value is 0.354. The molecule has 0 aliphatic carbocycles. The predicted molar refractivity (Wildman–Crippen MR) is 69.6 cm³/mol. The van der Waals surface area contributed by atoms with Gasteiger partial charge in [-0.2, -0.15) is 0 Å². The molecule has 0 amide bonds. The van der Waals surface area contributed by atoms with Crippen LogP contribution in [0.3, 0.4) is 0 Å². The molecule has 0 bridgehead atoms. The molecule has 88 valence electrons. The van der Waals surface area contributed by atoms with Crippen LogP contribution in [0.5, 0.6) is 0 Å². The Bertz CT molecular complexity index is 187. The van der Waals surface area contributed by atoms with Gasteiger partial charge in [0.25, 0.3) is 0 Å². The summed E-state index contributed by atoms with van der Waals surface area (Å²) in [5.41, 5.74) is 0. The number of rotatable bonds is 2. The fourth-order valence-electron chi connectivity index (χ4n) is 3.05. The van der Waals surface area contributed by atoms with Crippen molar-refractivity contribution in [3.05, 3.63) is 0 Å². The Labute approximate surface area is 98.9 Å². The van der Waals surface area contributed by atoms with Crippen molar-refractivity contribution in [1.82, 2.24) is 0 Å². The molecule has 2 rings (SSSR count). The van der Waals surface area contributed by atoms with Crippen molar-refractivity contribution in [2.45, 2.75) is 55.4 Å². The summed E-state index contributed by atoms with van der Waals surface area (Å²) < 4.78 is 12.1. The maximum absolute atomic E-state index is 6.04. The van der Waals surface area contributed by atoms with Crippen LogP contribution < -0.4 is 0 Å². The van der Waals surface area contributed by atoms with Gasteiger partial charge in [0.2, 0.25) is 0 Å². The molecule has 2 heterocycles. The Kier molecular flexibility index (Phi) is 3.70. The van der Waals surface area contributed by atoms with Gasteiger partial charge in [-0.3, -0.25) is 0 Å². The van der Waals surface area contributed by atoms with Gasteiger partial charge in [-0.15, -0.1) is 0 Å². The average Bonchev–Trinajstić information content (AvgIpc) is 2.18. The summed E-state index contributed by atoms with van der Waals surface area (Å²) in [7, 11) is 2.33. The van der Waals surface area contributed by atoms with Crippen molar-refractivity contribution in [3.8, 4) is 0 Å². The highest BCUT2D eigenvalue weighted by molar-refractivity contribution is 6.18. The van der Waals surface area contributed by atoms with E-state index in [0.717, 1.165) is 13.2 Å². The number of hydrogen-bond acceptors (Lipinski definition) is 2. The monoisotopic (exact) mass is 244 g/mol. The van der Waals surface area contributed by atoms with Gasteiger partial charge in [0.05, 0.1) is 10.4 Å². The molecule has 2 unspecified atom stereocenters. The second kappa shape index (κ2) is 4.69. The van der Waals surface area contributed by atoms with Gasteiger partial charge in [0.15, 0.2) is 0 Å². The van der Waals surface area contributed by atoms with Crippen molar-refractivity contribution in [1.29, 1.82) is 0 Å². The highest BCUT2D eigenvalue weighted by atomic mass is 28.2. The summed E-state index contributed by atoms with van der Waals surface area (Å²) in [5, 5.41) is 0.495. The Morgan fingerprint density at radius 2 is 1.27 bits per heavy atom. The van der Waals surface area contributed by atoms with Crippen LogP contribution >= 0.6 is 0 Å². The minimum atomic E-state index is 0.247. The lowest BCUT2D eigenvalue weighted by Crippen LogP contribution is -2.48. The molecular formula is C11H24O2Si2. The molecule has 4 heteroatoms. The van der Waals surface area contributed by atoms with Gasteiger partial charge in [0.1, 0.15) is 0 Å². The summed E-state index contributed by atoms with van der Waals surface area (Å²) in [6.07, 6.45) is 9.01. The van der Waals surface area contributed by atoms with Crippen LogP contribution in [0.4, 0.5) is 0 Å². The lowest BCUT2D eigenvalue weighted by atomic mass is 9.97. The van der Waals surface area contributed by atoms with Gasteiger partial charge in [-0.25, -0.2) is 0 Å². The summed E-state index contributed by atoms with van der Waals surface area (Å²) in [5.74, 6) is 0. The van der Waals surface area contributed by atoms with Crippen LogP contribution in [0.2, 0.25) is 0 Å². The summed E-state index contributed by atoms with van der Waals surface area (Å²) in [6.45, 7) is 1.97. The van der Waals surface area contributed by atoms with Crippen LogP contribution in [0.25, 0.3) is 0 Å². The first kappa shape index (κ1) is 11.8. The molecule has 0 aromatic rings. The molecule has 2 aliphatic heterocycles. The SMILES string of the molecule is [SiH3]C1(CC2([SiH3])CCCCO2)CCCCO1. The van der Waals surface area contributed by atoms with Crippen molar-refractivity contribution in [2.75, 3.05) is 13.2 Å². The summed E-state index contributed by atoms with van der Waals surface area (Å²) in [6, 6.07) is 0. The van der Waals surface area contributed by atoms with E-state index in [0.29, 0.717) is 0 Å². The van der Waals surface area contributed by atoms with Crippen LogP contribution in [-0.4, -0.2) is 44.1 Å². The minimum absolute atomic E-state index is 0.247. The third-order valence-electron chi connectivity index (χ3n) is 3.85. The van der Waals surface area contributed by atoms with E-state index in [-0.39, 0.29) is 10.4 Å². The molecule has 0 spiro atoms. The lowest BCUT2D eigenvalue weighted by molar-refractivity contribution is -0.0911. The molecule has 2 atom stereocenters. The fraction of sp³-hybridized carbons (Fsp3) is 1.00. The van der Waals surface area contributed by atoms with E-state index in [1.165, 1.54) is 65.4 Å². The second-order valence-corrected chi connectivity index (χ2v) is 9.33. The zero-order valence-electron chi connectivity index (χ0n) is 10.2. The average molecular weight is 244 g/mol. The van der Waals surface area contributed by atoms with Gasteiger partial charge in [-0.1, -0.05) is 0 Å². The topological polar surface area (TPSA) is 18.5 Å². The van der Waals surface area contributed by atoms with Crippen LogP contribution in [0.1, 0.15) is 44.9 Å². The number of ether oxygens (including phenoxy) is 2. The molecule has 2 saturated heterocycles. The van der Waals surface area contributed by atoms with E-state index in [1.54, 1.807) is 0 Å². The van der Waals surface area contributed by atoms with E-state index in [4.69, 9.17) is 9.47 Å². The van der Waals surface area contributed by atoms with E-state index in [9.17, 15) is 0 Å². The van der Waals surface area contributed by atoms with Crippen molar-refractivity contribution < 1.29 is 9.47 Å². The molecule has 2 nitrogen and oxygen atoms in total. The normalized spacial score (nSPS) is 43.2. The van der Waals surface area contributed by atoms with Crippen LogP contribution in [0, 0.1) is 0 Å². The van der Waals surface area contributed by atoms with Gasteiger partial charge >= 0.3 is 0 Å². The maximum Gasteiger partial charge on any atom is 0.0509 e. The van der Waals surface area contributed by atoms with Crippen molar-refractivity contribution in [3.63, 3.8) is 0 Å². The Morgan fingerprint density at radius 3 is 1.60 bits per heavy atom. The van der Waals surface area contributed by atoms with E-state index in [2.05, 4.69) is 0 Å². The molecule has 2 aliphatic rings. The molecule has 0 radical (unpaired) electrons. The van der Waals surface area contributed by atoms with Crippen LogP contribution in [0.15, 0.2) is 0 Å². The highest BCUT2D eigenvalue weighted by Gasteiger charge is 2.38. The van der Waals surface area contributed by atoms with Gasteiger partial charge in [-0.05, 0) is 44.9 Å². The van der Waals surface area contributed by atoms with E-state index < -0.39 is 0 Å². The van der Waals surface area contributed by atoms with Gasteiger partial charge < -0.3 is 9.47 Å². The largest absolute Gasteiger partial charge is 0.379 e. The first-order valence-corrected chi connectivity index (χ1v) is 8.40. The van der Waals surface area contributed by atoms with E-state index in [1.807, 2.05) is 0 Å². The van der Waals surface area contributed by atoms with E-state index >= 15 is 0 Å². The van der Waals surface area contributed by atoms with Crippen LogP contribution in [-0.2, 0) is 9.47 Å².